The molecule has 0 aromatic carbocycles. The van der Waals surface area contributed by atoms with Crippen LogP contribution in [0.2, 0.25) is 0 Å². The van der Waals surface area contributed by atoms with Crippen molar-refractivity contribution >= 4 is 11.9 Å². The monoisotopic (exact) mass is 244 g/mol. The molecule has 0 aromatic rings. The molecule has 3 N–H and O–H groups in total. The average Bonchev–Trinajstić information content (AvgIpc) is 2.76. The van der Waals surface area contributed by atoms with Crippen LogP contribution in [0.5, 0.6) is 0 Å². The summed E-state index contributed by atoms with van der Waals surface area (Å²) in [6.07, 6.45) is 1.07. The zero-order valence-electron chi connectivity index (χ0n) is 10.1. The number of hydrogen-bond donors (Lipinski definition) is 2. The Morgan fingerprint density at radius 3 is 2.82 bits per heavy atom. The van der Waals surface area contributed by atoms with Crippen molar-refractivity contribution in [3.05, 3.63) is 0 Å². The molecule has 0 bridgehead atoms. The van der Waals surface area contributed by atoms with Crippen LogP contribution in [-0.4, -0.2) is 54.7 Å². The molecule has 2 atom stereocenters. The molecule has 1 rings (SSSR count). The number of carbonyl (C=O) groups is 2. The van der Waals surface area contributed by atoms with Gasteiger partial charge in [-0.1, -0.05) is 0 Å². The summed E-state index contributed by atoms with van der Waals surface area (Å²) in [5.74, 6) is -0.593. The van der Waals surface area contributed by atoms with Gasteiger partial charge in [0.1, 0.15) is 6.10 Å². The fourth-order valence-corrected chi connectivity index (χ4v) is 2.10. The molecule has 0 aromatic heterocycles. The molecule has 2 unspecified atom stereocenters. The molecule has 0 aliphatic carbocycles. The summed E-state index contributed by atoms with van der Waals surface area (Å²) < 4.78 is 5.00. The Kier molecular flexibility index (Phi) is 5.37. The highest BCUT2D eigenvalue weighted by molar-refractivity contribution is 5.81. The summed E-state index contributed by atoms with van der Waals surface area (Å²) in [4.78, 5) is 24.1. The summed E-state index contributed by atoms with van der Waals surface area (Å²) in [5.41, 5.74) is 5.43. The average molecular weight is 244 g/mol. The lowest BCUT2D eigenvalue weighted by atomic mass is 10.0. The topological polar surface area (TPSA) is 92.9 Å². The van der Waals surface area contributed by atoms with Gasteiger partial charge in [0, 0.05) is 33.2 Å². The van der Waals surface area contributed by atoms with Gasteiger partial charge in [0.2, 0.25) is 0 Å². The highest BCUT2D eigenvalue weighted by Gasteiger charge is 2.30. The molecule has 1 fully saturated rings. The lowest BCUT2D eigenvalue weighted by Crippen LogP contribution is -2.42. The second-order valence-corrected chi connectivity index (χ2v) is 4.33. The van der Waals surface area contributed by atoms with Crippen LogP contribution in [0.3, 0.4) is 0 Å². The molecule has 1 saturated heterocycles. The van der Waals surface area contributed by atoms with Crippen molar-refractivity contribution in [3.63, 3.8) is 0 Å². The van der Waals surface area contributed by atoms with Crippen molar-refractivity contribution in [2.45, 2.75) is 25.4 Å². The summed E-state index contributed by atoms with van der Waals surface area (Å²) >= 11 is 0. The van der Waals surface area contributed by atoms with Gasteiger partial charge < -0.3 is 20.5 Å². The highest BCUT2D eigenvalue weighted by Crippen LogP contribution is 2.21. The molecule has 0 saturated carbocycles. The van der Waals surface area contributed by atoms with Gasteiger partial charge in [-0.05, 0) is 18.8 Å². The molecule has 6 heteroatoms. The fraction of sp³-hybridized carbons (Fsp3) is 0.818. The third-order valence-corrected chi connectivity index (χ3v) is 3.14. The quantitative estimate of drug-likeness (QED) is 0.667. The van der Waals surface area contributed by atoms with E-state index in [1.807, 2.05) is 0 Å². The number of amides is 1. The Hall–Kier alpha value is -1.14. The van der Waals surface area contributed by atoms with Crippen LogP contribution >= 0.6 is 0 Å². The SMILES string of the molecule is COC(CN)C(=O)N1CCC(CCC(=O)O)C1. The number of carbonyl (C=O) groups excluding carboxylic acids is 1. The van der Waals surface area contributed by atoms with E-state index in [1.54, 1.807) is 4.90 Å². The number of methoxy groups -OCH3 is 1. The second kappa shape index (κ2) is 6.56. The zero-order valence-corrected chi connectivity index (χ0v) is 10.1. The molecule has 1 heterocycles. The van der Waals surface area contributed by atoms with Crippen molar-refractivity contribution in [3.8, 4) is 0 Å². The Bertz CT molecular complexity index is 279. The van der Waals surface area contributed by atoms with E-state index in [9.17, 15) is 9.59 Å². The van der Waals surface area contributed by atoms with Crippen LogP contribution in [0, 0.1) is 5.92 Å². The van der Waals surface area contributed by atoms with Gasteiger partial charge in [0.15, 0.2) is 0 Å². The van der Waals surface area contributed by atoms with Crippen LogP contribution in [0.15, 0.2) is 0 Å². The van der Waals surface area contributed by atoms with Crippen molar-refractivity contribution < 1.29 is 19.4 Å². The molecule has 0 radical (unpaired) electrons. The lowest BCUT2D eigenvalue weighted by molar-refractivity contribution is -0.140. The van der Waals surface area contributed by atoms with Gasteiger partial charge in [-0.3, -0.25) is 9.59 Å². The minimum absolute atomic E-state index is 0.0900. The minimum atomic E-state index is -0.786. The normalized spacial score (nSPS) is 21.5. The molecule has 1 aliphatic heterocycles. The van der Waals surface area contributed by atoms with Crippen molar-refractivity contribution in [1.82, 2.24) is 4.90 Å². The van der Waals surface area contributed by atoms with Gasteiger partial charge in [-0.15, -0.1) is 0 Å². The molecule has 98 valence electrons. The molecular weight excluding hydrogens is 224 g/mol. The summed E-state index contributed by atoms with van der Waals surface area (Å²) in [6, 6.07) is 0. The zero-order chi connectivity index (χ0) is 12.8. The number of nitrogens with zero attached hydrogens (tertiary/aromatic N) is 1. The Morgan fingerprint density at radius 2 is 2.29 bits per heavy atom. The minimum Gasteiger partial charge on any atom is -0.481 e. The van der Waals surface area contributed by atoms with Gasteiger partial charge in [-0.2, -0.15) is 0 Å². The van der Waals surface area contributed by atoms with Crippen molar-refractivity contribution in [2.75, 3.05) is 26.7 Å². The fourth-order valence-electron chi connectivity index (χ4n) is 2.10. The van der Waals surface area contributed by atoms with Crippen molar-refractivity contribution in [2.24, 2.45) is 11.7 Å². The largest absolute Gasteiger partial charge is 0.481 e. The van der Waals surface area contributed by atoms with E-state index in [-0.39, 0.29) is 24.8 Å². The van der Waals surface area contributed by atoms with Gasteiger partial charge >= 0.3 is 5.97 Å². The predicted molar refractivity (Wildman–Crippen MR) is 61.4 cm³/mol. The van der Waals surface area contributed by atoms with E-state index in [2.05, 4.69) is 0 Å². The third kappa shape index (κ3) is 3.98. The van der Waals surface area contributed by atoms with Crippen LogP contribution in [-0.2, 0) is 14.3 Å². The summed E-state index contributed by atoms with van der Waals surface area (Å²) in [5, 5.41) is 8.60. The van der Waals surface area contributed by atoms with Crippen LogP contribution in [0.4, 0.5) is 0 Å². The second-order valence-electron chi connectivity index (χ2n) is 4.33. The maximum Gasteiger partial charge on any atom is 0.303 e. The predicted octanol–water partition coefficient (Wildman–Crippen LogP) is -0.327. The van der Waals surface area contributed by atoms with E-state index in [4.69, 9.17) is 15.6 Å². The van der Waals surface area contributed by atoms with E-state index in [1.165, 1.54) is 7.11 Å². The first-order valence-electron chi connectivity index (χ1n) is 5.82. The molecule has 6 nitrogen and oxygen atoms in total. The molecular formula is C11H20N2O4. The summed E-state index contributed by atoms with van der Waals surface area (Å²) in [6.45, 7) is 1.46. The Balaban J connectivity index is 2.38. The van der Waals surface area contributed by atoms with E-state index < -0.39 is 12.1 Å². The first kappa shape index (κ1) is 13.9. The standard InChI is InChI=1S/C11H20N2O4/c1-17-9(6-12)11(16)13-5-4-8(7-13)2-3-10(14)15/h8-9H,2-7,12H2,1H3,(H,14,15). The lowest BCUT2D eigenvalue weighted by Gasteiger charge is -2.21. The number of hydrogen-bond acceptors (Lipinski definition) is 4. The molecule has 1 aliphatic rings. The highest BCUT2D eigenvalue weighted by atomic mass is 16.5. The van der Waals surface area contributed by atoms with Crippen LogP contribution < -0.4 is 5.73 Å². The number of carboxylic acids is 1. The number of likely N-dealkylation sites (tertiary alicyclic amines) is 1. The Morgan fingerprint density at radius 1 is 1.59 bits per heavy atom. The van der Waals surface area contributed by atoms with E-state index in [0.717, 1.165) is 6.42 Å². The van der Waals surface area contributed by atoms with Gasteiger partial charge in [0.05, 0.1) is 0 Å². The number of nitrogens with two attached hydrogens (primary N) is 1. The van der Waals surface area contributed by atoms with Crippen LogP contribution in [0.25, 0.3) is 0 Å². The first-order chi connectivity index (χ1) is 8.08. The Labute approximate surface area is 101 Å². The number of carboxylic acid groups (broad SMARTS) is 1. The van der Waals surface area contributed by atoms with Gasteiger partial charge in [-0.25, -0.2) is 0 Å². The maximum atomic E-state index is 11.9. The number of rotatable bonds is 6. The van der Waals surface area contributed by atoms with E-state index in [0.29, 0.717) is 19.5 Å². The number of aliphatic carboxylic acids is 1. The first-order valence-corrected chi connectivity index (χ1v) is 5.82. The maximum absolute atomic E-state index is 11.9. The van der Waals surface area contributed by atoms with Crippen molar-refractivity contribution in [1.29, 1.82) is 0 Å². The number of ether oxygens (including phenoxy) is 1. The summed E-state index contributed by atoms with van der Waals surface area (Å²) in [7, 11) is 1.47. The van der Waals surface area contributed by atoms with Gasteiger partial charge in [0.25, 0.3) is 5.91 Å². The van der Waals surface area contributed by atoms with E-state index >= 15 is 0 Å². The molecule has 1 amide bonds. The molecule has 0 spiro atoms. The molecule has 17 heavy (non-hydrogen) atoms. The third-order valence-electron chi connectivity index (χ3n) is 3.14. The smallest absolute Gasteiger partial charge is 0.303 e. The van der Waals surface area contributed by atoms with Crippen LogP contribution in [0.1, 0.15) is 19.3 Å².